The van der Waals surface area contributed by atoms with Crippen LogP contribution < -0.4 is 15.7 Å². The molecule has 1 saturated heterocycles. The average Bonchev–Trinajstić information content (AvgIpc) is 3.56. The number of anilines is 2. The van der Waals surface area contributed by atoms with Gasteiger partial charge in [-0.2, -0.15) is 11.0 Å². The Labute approximate surface area is 216 Å². The van der Waals surface area contributed by atoms with Crippen molar-refractivity contribution in [3.8, 4) is 11.4 Å². The van der Waals surface area contributed by atoms with Crippen molar-refractivity contribution >= 4 is 39.8 Å². The van der Waals surface area contributed by atoms with Crippen molar-refractivity contribution in [2.24, 2.45) is 12.9 Å². The highest BCUT2D eigenvalue weighted by atomic mass is 16.7. The Morgan fingerprint density at radius 2 is 1.95 bits per heavy atom. The second-order valence-electron chi connectivity index (χ2n) is 8.93. The molecule has 14 heteroatoms. The van der Waals surface area contributed by atoms with Gasteiger partial charge >= 0.3 is 5.97 Å². The van der Waals surface area contributed by atoms with Crippen LogP contribution in [0.2, 0.25) is 0 Å². The van der Waals surface area contributed by atoms with Crippen molar-refractivity contribution in [2.75, 3.05) is 43.2 Å². The molecule has 0 amide bonds. The number of nitrogens with one attached hydrogen (secondary N) is 1. The van der Waals surface area contributed by atoms with Gasteiger partial charge in [-0.1, -0.05) is 0 Å². The number of hydrogen-bond donors (Lipinski definition) is 2. The first-order valence-corrected chi connectivity index (χ1v) is 12.0. The van der Waals surface area contributed by atoms with Gasteiger partial charge in [0.25, 0.3) is 0 Å². The molecule has 0 spiro atoms. The molecule has 0 radical (unpaired) electrons. The molecule has 1 aliphatic rings. The van der Waals surface area contributed by atoms with Crippen LogP contribution >= 0.6 is 0 Å². The number of benzene rings is 1. The number of aromatic nitrogens is 8. The number of nitrogens with zero attached hydrogens (tertiary/aromatic N) is 9. The zero-order valence-electron chi connectivity index (χ0n) is 20.8. The van der Waals surface area contributed by atoms with Gasteiger partial charge in [-0.25, -0.2) is 29.7 Å². The summed E-state index contributed by atoms with van der Waals surface area (Å²) in [6.07, 6.45) is 4.52. The van der Waals surface area contributed by atoms with Gasteiger partial charge in [0.1, 0.15) is 5.82 Å². The largest absolute Gasteiger partial charge is 0.378 e. The van der Waals surface area contributed by atoms with Crippen LogP contribution in [0.15, 0.2) is 36.8 Å². The summed E-state index contributed by atoms with van der Waals surface area (Å²) in [7, 11) is 3.77. The van der Waals surface area contributed by atoms with Crippen LogP contribution in [0.3, 0.4) is 0 Å². The summed E-state index contributed by atoms with van der Waals surface area (Å²) in [4.78, 5) is 43.2. The molecule has 0 aliphatic carbocycles. The normalized spacial score (nSPS) is 13.8. The minimum atomic E-state index is -0.702. The predicted molar refractivity (Wildman–Crippen MR) is 138 cm³/mol. The SMILES string of the molecule is CN(Cc1nc2c(N3CCOCC3)nc(-c3ccc4[nH]ncc4c3)nc2n1C)c1ncc(C(=O)ON)cn1. The number of fused-ring (bicyclic) bond motifs is 2. The lowest BCUT2D eigenvalue weighted by Crippen LogP contribution is -2.37. The highest BCUT2D eigenvalue weighted by molar-refractivity contribution is 5.89. The fourth-order valence-electron chi connectivity index (χ4n) is 4.41. The van der Waals surface area contributed by atoms with Crippen LogP contribution in [-0.2, 0) is 23.2 Å². The number of aromatic amines is 1. The number of imidazole rings is 1. The van der Waals surface area contributed by atoms with Gasteiger partial charge in [0.15, 0.2) is 22.8 Å². The Kier molecular flexibility index (Phi) is 6.01. The summed E-state index contributed by atoms with van der Waals surface area (Å²) in [5.41, 5.74) is 3.44. The maximum atomic E-state index is 11.6. The van der Waals surface area contributed by atoms with E-state index in [1.54, 1.807) is 6.20 Å². The second-order valence-corrected chi connectivity index (χ2v) is 8.93. The van der Waals surface area contributed by atoms with E-state index in [1.165, 1.54) is 12.4 Å². The minimum Gasteiger partial charge on any atom is -0.378 e. The van der Waals surface area contributed by atoms with Gasteiger partial charge in [-0.15, -0.1) is 0 Å². The van der Waals surface area contributed by atoms with Crippen molar-refractivity contribution < 1.29 is 14.4 Å². The van der Waals surface area contributed by atoms with Crippen molar-refractivity contribution in [2.45, 2.75) is 6.54 Å². The van der Waals surface area contributed by atoms with E-state index in [2.05, 4.69) is 29.9 Å². The molecule has 0 saturated carbocycles. The molecule has 38 heavy (non-hydrogen) atoms. The van der Waals surface area contributed by atoms with Gasteiger partial charge in [0.2, 0.25) is 5.95 Å². The zero-order valence-corrected chi connectivity index (χ0v) is 20.8. The molecule has 14 nitrogen and oxygen atoms in total. The summed E-state index contributed by atoms with van der Waals surface area (Å²) in [6, 6.07) is 5.98. The topological polar surface area (TPSA) is 166 Å². The maximum Gasteiger partial charge on any atom is 0.359 e. The number of carbonyl (C=O) groups excluding carboxylic acids is 1. The number of nitrogens with two attached hydrogens (primary N) is 1. The van der Waals surface area contributed by atoms with Crippen molar-refractivity contribution in [3.05, 3.63) is 48.2 Å². The molecule has 5 aromatic rings. The van der Waals surface area contributed by atoms with Crippen molar-refractivity contribution in [3.63, 3.8) is 0 Å². The number of ether oxygens (including phenoxy) is 1. The highest BCUT2D eigenvalue weighted by Crippen LogP contribution is 2.30. The lowest BCUT2D eigenvalue weighted by molar-refractivity contribution is 0.0502. The van der Waals surface area contributed by atoms with Gasteiger partial charge in [-0.05, 0) is 18.2 Å². The number of hydrogen-bond acceptors (Lipinski definition) is 12. The number of rotatable bonds is 6. The fraction of sp³-hybridized carbons (Fsp3) is 0.292. The van der Waals surface area contributed by atoms with E-state index in [-0.39, 0.29) is 5.56 Å². The van der Waals surface area contributed by atoms with Gasteiger partial charge < -0.3 is 23.9 Å². The third kappa shape index (κ3) is 4.25. The van der Waals surface area contributed by atoms with Gasteiger partial charge in [-0.3, -0.25) is 5.10 Å². The van der Waals surface area contributed by atoms with Crippen molar-refractivity contribution in [1.82, 2.24) is 39.7 Å². The van der Waals surface area contributed by atoms with Crippen LogP contribution in [0, 0.1) is 0 Å². The Bertz CT molecular complexity index is 1620. The van der Waals surface area contributed by atoms with Crippen LogP contribution in [0.1, 0.15) is 16.2 Å². The molecule has 6 rings (SSSR count). The smallest absolute Gasteiger partial charge is 0.359 e. The van der Waals surface area contributed by atoms with Crippen molar-refractivity contribution in [1.29, 1.82) is 0 Å². The summed E-state index contributed by atoms with van der Waals surface area (Å²) < 4.78 is 7.53. The number of aryl methyl sites for hydroxylation is 1. The third-order valence-corrected chi connectivity index (χ3v) is 6.50. The molecule has 4 aromatic heterocycles. The summed E-state index contributed by atoms with van der Waals surface area (Å²) in [5.74, 6) is 6.78. The van der Waals surface area contributed by atoms with Gasteiger partial charge in [0.05, 0.1) is 37.0 Å². The molecule has 1 aromatic carbocycles. The van der Waals surface area contributed by atoms with Crippen LogP contribution in [0.4, 0.5) is 11.8 Å². The Morgan fingerprint density at radius 3 is 2.71 bits per heavy atom. The fourth-order valence-corrected chi connectivity index (χ4v) is 4.41. The quantitative estimate of drug-likeness (QED) is 0.311. The van der Waals surface area contributed by atoms with Gasteiger partial charge in [0, 0.05) is 50.5 Å². The van der Waals surface area contributed by atoms with Crippen LogP contribution in [0.5, 0.6) is 0 Å². The standard InChI is InChI=1S/C24H25N11O3/c1-33(24-26-10-16(11-27-24)23(36)38-25)13-18-29-19-21(34(18)2)30-20(31-22(19)35-5-7-37-8-6-35)14-3-4-17-15(9-14)12-28-32-17/h3-4,9-12H,5-8,13,25H2,1-2H3,(H,28,32). The molecule has 5 heterocycles. The number of carbonyl (C=O) groups is 1. The van der Waals surface area contributed by atoms with E-state index in [0.29, 0.717) is 55.8 Å². The lowest BCUT2D eigenvalue weighted by Gasteiger charge is -2.28. The average molecular weight is 516 g/mol. The monoisotopic (exact) mass is 515 g/mol. The summed E-state index contributed by atoms with van der Waals surface area (Å²) in [5, 5.41) is 8.08. The van der Waals surface area contributed by atoms with E-state index in [1.807, 2.05) is 41.8 Å². The maximum absolute atomic E-state index is 11.6. The predicted octanol–water partition coefficient (Wildman–Crippen LogP) is 1.20. The molecular weight excluding hydrogens is 490 g/mol. The molecule has 0 atom stereocenters. The molecule has 3 N–H and O–H groups in total. The highest BCUT2D eigenvalue weighted by Gasteiger charge is 2.23. The summed E-state index contributed by atoms with van der Waals surface area (Å²) >= 11 is 0. The first kappa shape index (κ1) is 23.7. The third-order valence-electron chi connectivity index (χ3n) is 6.50. The first-order chi connectivity index (χ1) is 18.5. The van der Waals surface area contributed by atoms with E-state index >= 15 is 0 Å². The zero-order chi connectivity index (χ0) is 26.2. The molecular formula is C24H25N11O3. The molecule has 0 bridgehead atoms. The molecule has 1 fully saturated rings. The van der Waals surface area contributed by atoms with Crippen LogP contribution in [0.25, 0.3) is 33.5 Å². The van der Waals surface area contributed by atoms with Crippen LogP contribution in [-0.4, -0.2) is 79.0 Å². The minimum absolute atomic E-state index is 0.166. The molecule has 0 unspecified atom stereocenters. The molecule has 1 aliphatic heterocycles. The van der Waals surface area contributed by atoms with E-state index in [9.17, 15) is 4.79 Å². The Hall–Kier alpha value is -4.69. The Morgan fingerprint density at radius 1 is 1.16 bits per heavy atom. The Balaban J connectivity index is 1.39. The first-order valence-electron chi connectivity index (χ1n) is 12.0. The summed E-state index contributed by atoms with van der Waals surface area (Å²) in [6.45, 7) is 3.06. The second kappa shape index (κ2) is 9.64. The van der Waals surface area contributed by atoms with E-state index < -0.39 is 5.97 Å². The lowest BCUT2D eigenvalue weighted by atomic mass is 10.1. The van der Waals surface area contributed by atoms with E-state index in [4.69, 9.17) is 25.6 Å². The number of morpholine rings is 1. The number of H-pyrrole nitrogens is 1. The van der Waals surface area contributed by atoms with E-state index in [0.717, 1.165) is 28.1 Å². The molecule has 194 valence electrons.